The van der Waals surface area contributed by atoms with Crippen LogP contribution in [-0.4, -0.2) is 43.2 Å². The number of carbonyl (C=O) groups is 1. The van der Waals surface area contributed by atoms with Crippen molar-refractivity contribution in [3.63, 3.8) is 0 Å². The van der Waals surface area contributed by atoms with Crippen molar-refractivity contribution >= 4 is 5.91 Å². The fourth-order valence-corrected chi connectivity index (χ4v) is 3.77. The van der Waals surface area contributed by atoms with E-state index in [0.29, 0.717) is 35.7 Å². The van der Waals surface area contributed by atoms with Crippen LogP contribution in [-0.2, 0) is 13.0 Å². The summed E-state index contributed by atoms with van der Waals surface area (Å²) < 4.78 is 39.4. The average molecular weight is 443 g/mol. The molecule has 1 amide bonds. The predicted octanol–water partition coefficient (Wildman–Crippen LogP) is 4.76. The second-order valence-electron chi connectivity index (χ2n) is 7.82. The number of hydrogen-bond acceptors (Lipinski definition) is 3. The number of amides is 1. The van der Waals surface area contributed by atoms with Crippen LogP contribution >= 0.6 is 0 Å². The van der Waals surface area contributed by atoms with Crippen molar-refractivity contribution in [2.45, 2.75) is 26.8 Å². The number of aryl methyl sites for hydroxylation is 2. The maximum absolute atomic E-state index is 13.7. The van der Waals surface area contributed by atoms with Gasteiger partial charge in [-0.15, -0.1) is 0 Å². The Bertz CT molecular complexity index is 1120. The zero-order chi connectivity index (χ0) is 23.4. The van der Waals surface area contributed by atoms with E-state index in [1.54, 1.807) is 26.2 Å². The zero-order valence-corrected chi connectivity index (χ0v) is 19.0. The van der Waals surface area contributed by atoms with Crippen LogP contribution < -0.4 is 9.47 Å². The van der Waals surface area contributed by atoms with Crippen LogP contribution in [0.15, 0.2) is 42.5 Å². The predicted molar refractivity (Wildman–Crippen MR) is 120 cm³/mol. The van der Waals surface area contributed by atoms with Gasteiger partial charge in [0.1, 0.15) is 5.69 Å². The summed E-state index contributed by atoms with van der Waals surface area (Å²) in [6.45, 7) is 4.56. The van der Waals surface area contributed by atoms with Gasteiger partial charge in [-0.3, -0.25) is 4.79 Å². The number of hydrogen-bond donors (Lipinski definition) is 0. The molecule has 2 aromatic carbocycles. The lowest BCUT2D eigenvalue weighted by molar-refractivity contribution is 0.0785. The number of halogens is 2. The molecule has 0 unspecified atom stereocenters. The summed E-state index contributed by atoms with van der Waals surface area (Å²) in [5.74, 6) is -0.615. The maximum Gasteiger partial charge on any atom is 0.270 e. The Morgan fingerprint density at radius 3 is 2.28 bits per heavy atom. The first-order valence-electron chi connectivity index (χ1n) is 10.3. The third-order valence-electron chi connectivity index (χ3n) is 5.55. The van der Waals surface area contributed by atoms with Gasteiger partial charge in [0.25, 0.3) is 5.91 Å². The standard InChI is InChI=1S/C25H28F2N2O3/c1-16-12-17(2)29(15-19-6-8-20(26)21(27)13-19)24(16)25(30)28(3)11-10-18-7-9-22(31-4)23(14-18)32-5/h6-9,12-14H,10-11,15H2,1-5H3. The molecule has 0 radical (unpaired) electrons. The molecule has 3 rings (SSSR count). The molecule has 3 aromatic rings. The summed E-state index contributed by atoms with van der Waals surface area (Å²) in [5.41, 5.74) is 3.87. The third kappa shape index (κ3) is 4.93. The molecule has 1 heterocycles. The van der Waals surface area contributed by atoms with Crippen molar-refractivity contribution < 1.29 is 23.0 Å². The highest BCUT2D eigenvalue weighted by molar-refractivity contribution is 5.94. The minimum absolute atomic E-state index is 0.126. The van der Waals surface area contributed by atoms with Crippen molar-refractivity contribution in [1.82, 2.24) is 9.47 Å². The van der Waals surface area contributed by atoms with Crippen molar-refractivity contribution in [2.24, 2.45) is 0 Å². The summed E-state index contributed by atoms with van der Waals surface area (Å²) in [6, 6.07) is 11.4. The van der Waals surface area contributed by atoms with Crippen LogP contribution in [0.3, 0.4) is 0 Å². The number of benzene rings is 2. The lowest BCUT2D eigenvalue weighted by Crippen LogP contribution is -2.31. The minimum atomic E-state index is -0.899. The molecule has 1 aromatic heterocycles. The summed E-state index contributed by atoms with van der Waals surface area (Å²) in [4.78, 5) is 14.9. The van der Waals surface area contributed by atoms with Gasteiger partial charge in [0.2, 0.25) is 0 Å². The number of rotatable bonds is 8. The van der Waals surface area contributed by atoms with E-state index >= 15 is 0 Å². The highest BCUT2D eigenvalue weighted by Crippen LogP contribution is 2.28. The third-order valence-corrected chi connectivity index (χ3v) is 5.55. The van der Waals surface area contributed by atoms with Gasteiger partial charge in [0.05, 0.1) is 14.2 Å². The molecular formula is C25H28F2N2O3. The Hall–Kier alpha value is -3.35. The van der Waals surface area contributed by atoms with Crippen LogP contribution in [0.25, 0.3) is 0 Å². The van der Waals surface area contributed by atoms with E-state index in [2.05, 4.69) is 0 Å². The highest BCUT2D eigenvalue weighted by atomic mass is 19.2. The summed E-state index contributed by atoms with van der Waals surface area (Å²) in [5, 5.41) is 0. The molecule has 0 N–H and O–H groups in total. The van der Waals surface area contributed by atoms with Crippen LogP contribution in [0.2, 0.25) is 0 Å². The first-order chi connectivity index (χ1) is 15.2. The van der Waals surface area contributed by atoms with Crippen LogP contribution in [0.5, 0.6) is 11.5 Å². The molecule has 0 aliphatic heterocycles. The van der Waals surface area contributed by atoms with Gasteiger partial charge in [-0.25, -0.2) is 8.78 Å². The first kappa shape index (κ1) is 23.3. The molecule has 170 valence electrons. The number of aromatic nitrogens is 1. The van der Waals surface area contributed by atoms with Crippen molar-refractivity contribution in [3.05, 3.63) is 82.2 Å². The van der Waals surface area contributed by atoms with E-state index in [1.807, 2.05) is 42.7 Å². The van der Waals surface area contributed by atoms with E-state index in [1.165, 1.54) is 12.1 Å². The lowest BCUT2D eigenvalue weighted by Gasteiger charge is -2.20. The van der Waals surface area contributed by atoms with Crippen molar-refractivity contribution in [1.29, 1.82) is 0 Å². The molecule has 0 bridgehead atoms. The Morgan fingerprint density at radius 2 is 1.62 bits per heavy atom. The molecule has 0 spiro atoms. The number of ether oxygens (including phenoxy) is 2. The Kier molecular flexibility index (Phi) is 7.18. The molecule has 0 aliphatic carbocycles. The second-order valence-corrected chi connectivity index (χ2v) is 7.82. The molecule has 0 atom stereocenters. The fraction of sp³-hybridized carbons (Fsp3) is 0.320. The van der Waals surface area contributed by atoms with Crippen LogP contribution in [0.1, 0.15) is 32.9 Å². The van der Waals surface area contributed by atoms with E-state index in [0.717, 1.165) is 22.9 Å². The normalized spacial score (nSPS) is 10.8. The van der Waals surface area contributed by atoms with Gasteiger partial charge in [-0.2, -0.15) is 0 Å². The topological polar surface area (TPSA) is 43.7 Å². The van der Waals surface area contributed by atoms with E-state index in [-0.39, 0.29) is 12.5 Å². The summed E-state index contributed by atoms with van der Waals surface area (Å²) in [6.07, 6.45) is 0.643. The summed E-state index contributed by atoms with van der Waals surface area (Å²) >= 11 is 0. The van der Waals surface area contributed by atoms with E-state index in [9.17, 15) is 13.6 Å². The van der Waals surface area contributed by atoms with Gasteiger partial charge >= 0.3 is 0 Å². The maximum atomic E-state index is 13.7. The number of likely N-dealkylation sites (N-methyl/N-ethyl adjacent to an activating group) is 1. The van der Waals surface area contributed by atoms with Gasteiger partial charge in [0, 0.05) is 25.8 Å². The minimum Gasteiger partial charge on any atom is -0.493 e. The zero-order valence-electron chi connectivity index (χ0n) is 19.0. The molecule has 0 saturated heterocycles. The first-order valence-corrected chi connectivity index (χ1v) is 10.3. The van der Waals surface area contributed by atoms with Crippen molar-refractivity contribution in [3.8, 4) is 11.5 Å². The Balaban J connectivity index is 1.77. The summed E-state index contributed by atoms with van der Waals surface area (Å²) in [7, 11) is 4.93. The second kappa shape index (κ2) is 9.85. The number of nitrogens with zero attached hydrogens (tertiary/aromatic N) is 2. The fourth-order valence-electron chi connectivity index (χ4n) is 3.77. The average Bonchev–Trinajstić information content (AvgIpc) is 3.06. The van der Waals surface area contributed by atoms with Gasteiger partial charge < -0.3 is 18.9 Å². The quantitative estimate of drug-likeness (QED) is 0.505. The lowest BCUT2D eigenvalue weighted by atomic mass is 10.1. The monoisotopic (exact) mass is 442 g/mol. The van der Waals surface area contributed by atoms with Crippen LogP contribution in [0, 0.1) is 25.5 Å². The number of methoxy groups -OCH3 is 2. The molecule has 5 nitrogen and oxygen atoms in total. The molecule has 32 heavy (non-hydrogen) atoms. The van der Waals surface area contributed by atoms with Crippen molar-refractivity contribution in [2.75, 3.05) is 27.8 Å². The van der Waals surface area contributed by atoms with Gasteiger partial charge in [-0.1, -0.05) is 12.1 Å². The van der Waals surface area contributed by atoms with E-state index < -0.39 is 11.6 Å². The number of carbonyl (C=O) groups excluding carboxylic acids is 1. The molecule has 7 heteroatoms. The highest BCUT2D eigenvalue weighted by Gasteiger charge is 2.21. The van der Waals surface area contributed by atoms with Gasteiger partial charge in [-0.05, 0) is 67.3 Å². The Morgan fingerprint density at radius 1 is 0.938 bits per heavy atom. The van der Waals surface area contributed by atoms with E-state index in [4.69, 9.17) is 9.47 Å². The molecule has 0 fully saturated rings. The van der Waals surface area contributed by atoms with Gasteiger partial charge in [0.15, 0.2) is 23.1 Å². The molecule has 0 saturated carbocycles. The smallest absolute Gasteiger partial charge is 0.270 e. The molecule has 0 aliphatic rings. The largest absolute Gasteiger partial charge is 0.493 e. The SMILES string of the molecule is COc1ccc(CCN(C)C(=O)c2c(C)cc(C)n2Cc2ccc(F)c(F)c2)cc1OC. The molecular weight excluding hydrogens is 414 g/mol. The Labute approximate surface area is 187 Å². The van der Waals surface area contributed by atoms with Crippen LogP contribution in [0.4, 0.5) is 8.78 Å².